The second-order valence-corrected chi connectivity index (χ2v) is 7.12. The molecule has 0 aliphatic carbocycles. The summed E-state index contributed by atoms with van der Waals surface area (Å²) < 4.78 is 0. The van der Waals surface area contributed by atoms with Gasteiger partial charge in [-0.05, 0) is 13.8 Å². The van der Waals surface area contributed by atoms with Gasteiger partial charge in [-0.3, -0.25) is 0 Å². The zero-order chi connectivity index (χ0) is 11.5. The Morgan fingerprint density at radius 1 is 0.688 bits per heavy atom. The first kappa shape index (κ1) is 11.2. The third kappa shape index (κ3) is 2.09. The molecule has 0 saturated carbocycles. The fourth-order valence-electron chi connectivity index (χ4n) is 2.31. The highest BCUT2D eigenvalue weighted by Crippen LogP contribution is 2.00. The molecule has 0 amide bonds. The lowest BCUT2D eigenvalue weighted by atomic mass is 10.2. The second-order valence-electron chi connectivity index (χ2n) is 4.43. The Kier molecular flexibility index (Phi) is 3.25. The van der Waals surface area contributed by atoms with E-state index in [0.717, 1.165) is 0 Å². The summed E-state index contributed by atoms with van der Waals surface area (Å²) in [5.41, 5.74) is 2.87. The Morgan fingerprint density at radius 3 is 1.44 bits per heavy atom. The zero-order valence-electron chi connectivity index (χ0n) is 10.2. The summed E-state index contributed by atoms with van der Waals surface area (Å²) in [5, 5.41) is 3.13. The van der Waals surface area contributed by atoms with Crippen molar-refractivity contribution in [2.24, 2.45) is 0 Å². The van der Waals surface area contributed by atoms with E-state index in [2.05, 4.69) is 68.9 Å². The molecule has 2 aromatic rings. The molecule has 0 radical (unpaired) electrons. The quantitative estimate of drug-likeness (QED) is 0.689. The molecule has 0 bridgehead atoms. The Labute approximate surface area is 99.6 Å². The maximum absolute atomic E-state index is 2.42. The predicted molar refractivity (Wildman–Crippen MR) is 74.6 cm³/mol. The van der Waals surface area contributed by atoms with Gasteiger partial charge in [0.1, 0.15) is 8.80 Å². The third-order valence-electron chi connectivity index (χ3n) is 3.31. The lowest BCUT2D eigenvalue weighted by molar-refractivity contribution is 1.49. The smallest absolute Gasteiger partial charge is 0.0641 e. The summed E-state index contributed by atoms with van der Waals surface area (Å²) in [6.07, 6.45) is 0. The maximum atomic E-state index is 2.42. The van der Waals surface area contributed by atoms with Crippen molar-refractivity contribution in [1.29, 1.82) is 0 Å². The van der Waals surface area contributed by atoms with Gasteiger partial charge in [-0.25, -0.2) is 0 Å². The number of aryl methyl sites for hydroxylation is 2. The molecule has 0 fully saturated rings. The van der Waals surface area contributed by atoms with E-state index in [0.29, 0.717) is 0 Å². The van der Waals surface area contributed by atoms with E-state index < -0.39 is 8.80 Å². The average molecular weight is 226 g/mol. The largest absolute Gasteiger partial charge is 0.100 e. The van der Waals surface area contributed by atoms with Gasteiger partial charge >= 0.3 is 0 Å². The molecule has 0 spiro atoms. The molecular formula is C15H18Si. The molecule has 0 aromatic heterocycles. The van der Waals surface area contributed by atoms with Crippen LogP contribution in [0.4, 0.5) is 0 Å². The molecule has 0 unspecified atom stereocenters. The van der Waals surface area contributed by atoms with Crippen molar-refractivity contribution in [3.8, 4) is 0 Å². The van der Waals surface area contributed by atoms with Gasteiger partial charge in [0.15, 0.2) is 0 Å². The van der Waals surface area contributed by atoms with E-state index in [1.807, 2.05) is 0 Å². The number of rotatable bonds is 2. The fourth-order valence-corrected chi connectivity index (χ4v) is 5.01. The molecule has 0 N–H and O–H groups in total. The van der Waals surface area contributed by atoms with E-state index in [-0.39, 0.29) is 0 Å². The lowest BCUT2D eigenvalue weighted by Crippen LogP contribution is -2.41. The minimum Gasteiger partial charge on any atom is -0.0641 e. The first-order valence-electron chi connectivity index (χ1n) is 5.81. The highest BCUT2D eigenvalue weighted by atomic mass is 28.3. The Morgan fingerprint density at radius 2 is 1.06 bits per heavy atom. The summed E-state index contributed by atoms with van der Waals surface area (Å²) in [6, 6.07) is 17.6. The molecule has 0 heterocycles. The molecule has 16 heavy (non-hydrogen) atoms. The summed E-state index contributed by atoms with van der Waals surface area (Å²) in [7, 11) is -0.997. The Bertz CT molecular complexity index is 443. The normalized spacial score (nSPS) is 10.8. The van der Waals surface area contributed by atoms with Crippen LogP contribution in [0, 0.1) is 13.8 Å². The van der Waals surface area contributed by atoms with Gasteiger partial charge in [0.25, 0.3) is 0 Å². The van der Waals surface area contributed by atoms with Crippen molar-refractivity contribution in [2.75, 3.05) is 0 Å². The monoisotopic (exact) mass is 226 g/mol. The molecule has 0 saturated heterocycles. The number of hydrogen-bond acceptors (Lipinski definition) is 0. The molecule has 2 aromatic carbocycles. The fraction of sp³-hybridized carbons (Fsp3) is 0.200. The van der Waals surface area contributed by atoms with Crippen LogP contribution in [-0.2, 0) is 0 Å². The van der Waals surface area contributed by atoms with Crippen LogP contribution in [0.5, 0.6) is 0 Å². The minimum atomic E-state index is -0.997. The molecular weight excluding hydrogens is 208 g/mol. The lowest BCUT2D eigenvalue weighted by Gasteiger charge is -2.15. The third-order valence-corrected chi connectivity index (χ3v) is 6.47. The van der Waals surface area contributed by atoms with Gasteiger partial charge in [-0.15, -0.1) is 0 Å². The first-order chi connectivity index (χ1) is 7.70. The van der Waals surface area contributed by atoms with Gasteiger partial charge in [-0.1, -0.05) is 76.6 Å². The SMILES string of the molecule is Cc1ccccc1[SiH](C)c1ccccc1C. The van der Waals surface area contributed by atoms with Crippen LogP contribution in [0.3, 0.4) is 0 Å². The van der Waals surface area contributed by atoms with Crippen LogP contribution < -0.4 is 10.4 Å². The van der Waals surface area contributed by atoms with Crippen molar-refractivity contribution in [2.45, 2.75) is 20.4 Å². The van der Waals surface area contributed by atoms with Crippen LogP contribution in [0.1, 0.15) is 11.1 Å². The molecule has 0 nitrogen and oxygen atoms in total. The van der Waals surface area contributed by atoms with Crippen LogP contribution in [0.15, 0.2) is 48.5 Å². The van der Waals surface area contributed by atoms with Crippen molar-refractivity contribution >= 4 is 19.2 Å². The van der Waals surface area contributed by atoms with E-state index in [1.54, 1.807) is 10.4 Å². The van der Waals surface area contributed by atoms with Crippen molar-refractivity contribution in [1.82, 2.24) is 0 Å². The highest BCUT2D eigenvalue weighted by Gasteiger charge is 2.13. The Balaban J connectivity index is 2.44. The van der Waals surface area contributed by atoms with Crippen molar-refractivity contribution in [3.05, 3.63) is 59.7 Å². The predicted octanol–water partition coefficient (Wildman–Crippen LogP) is 2.27. The van der Waals surface area contributed by atoms with Gasteiger partial charge < -0.3 is 0 Å². The zero-order valence-corrected chi connectivity index (χ0v) is 11.4. The standard InChI is InChI=1S/C15H18Si/c1-12-8-4-6-10-14(12)16(3)15-11-7-5-9-13(15)2/h4-11,16H,1-3H3. The molecule has 2 rings (SSSR count). The molecule has 0 atom stereocenters. The summed E-state index contributed by atoms with van der Waals surface area (Å²) in [4.78, 5) is 0. The number of hydrogen-bond donors (Lipinski definition) is 0. The number of benzene rings is 2. The van der Waals surface area contributed by atoms with E-state index in [1.165, 1.54) is 11.1 Å². The van der Waals surface area contributed by atoms with Gasteiger partial charge in [0.05, 0.1) is 0 Å². The molecule has 0 aliphatic heterocycles. The second kappa shape index (κ2) is 4.66. The Hall–Kier alpha value is -1.34. The summed E-state index contributed by atoms with van der Waals surface area (Å²) in [6.45, 7) is 6.86. The van der Waals surface area contributed by atoms with Crippen LogP contribution in [0.25, 0.3) is 0 Å². The molecule has 0 aliphatic rings. The van der Waals surface area contributed by atoms with E-state index >= 15 is 0 Å². The first-order valence-corrected chi connectivity index (χ1v) is 8.12. The van der Waals surface area contributed by atoms with Crippen LogP contribution in [0.2, 0.25) is 6.55 Å². The molecule has 1 heteroatoms. The highest BCUT2D eigenvalue weighted by molar-refractivity contribution is 6.84. The minimum absolute atomic E-state index is 0.997. The van der Waals surface area contributed by atoms with Crippen molar-refractivity contribution in [3.63, 3.8) is 0 Å². The van der Waals surface area contributed by atoms with E-state index in [4.69, 9.17) is 0 Å². The maximum Gasteiger partial charge on any atom is 0.100 e. The van der Waals surface area contributed by atoms with Gasteiger partial charge in [-0.2, -0.15) is 0 Å². The van der Waals surface area contributed by atoms with Gasteiger partial charge in [0.2, 0.25) is 0 Å². The van der Waals surface area contributed by atoms with E-state index in [9.17, 15) is 0 Å². The van der Waals surface area contributed by atoms with Crippen LogP contribution in [-0.4, -0.2) is 8.80 Å². The topological polar surface area (TPSA) is 0 Å². The van der Waals surface area contributed by atoms with Crippen molar-refractivity contribution < 1.29 is 0 Å². The van der Waals surface area contributed by atoms with Gasteiger partial charge in [0, 0.05) is 0 Å². The summed E-state index contributed by atoms with van der Waals surface area (Å²) >= 11 is 0. The van der Waals surface area contributed by atoms with Crippen LogP contribution >= 0.6 is 0 Å². The molecule has 82 valence electrons. The summed E-state index contributed by atoms with van der Waals surface area (Å²) in [5.74, 6) is 0. The average Bonchev–Trinajstić information content (AvgIpc) is 2.29.